The van der Waals surface area contributed by atoms with Crippen molar-refractivity contribution in [3.8, 4) is 0 Å². The van der Waals surface area contributed by atoms with Gasteiger partial charge < -0.3 is 15.5 Å². The lowest BCUT2D eigenvalue weighted by Gasteiger charge is -2.28. The van der Waals surface area contributed by atoms with Crippen LogP contribution < -0.4 is 15.5 Å². The maximum atomic E-state index is 12.0. The van der Waals surface area contributed by atoms with Gasteiger partial charge in [-0.05, 0) is 61.7 Å². The summed E-state index contributed by atoms with van der Waals surface area (Å²) in [6, 6.07) is 13.2. The summed E-state index contributed by atoms with van der Waals surface area (Å²) in [5.41, 5.74) is 2.79. The molecule has 2 N–H and O–H groups in total. The van der Waals surface area contributed by atoms with Gasteiger partial charge in [0.1, 0.15) is 0 Å². The summed E-state index contributed by atoms with van der Waals surface area (Å²) in [5, 5.41) is 6.80. The molecule has 1 amide bonds. The van der Waals surface area contributed by atoms with Crippen LogP contribution in [0.15, 0.2) is 42.5 Å². The number of piperidine rings is 1. The largest absolute Gasteiger partial charge is 0.376 e. The van der Waals surface area contributed by atoms with E-state index in [4.69, 9.17) is 23.2 Å². The Morgan fingerprint density at radius 2 is 1.60 bits per heavy atom. The zero-order chi connectivity index (χ0) is 17.6. The van der Waals surface area contributed by atoms with Crippen molar-refractivity contribution < 1.29 is 4.79 Å². The lowest BCUT2D eigenvalue weighted by molar-refractivity contribution is -0.114. The molecule has 0 aromatic heterocycles. The van der Waals surface area contributed by atoms with Crippen molar-refractivity contribution in [3.63, 3.8) is 0 Å². The molecule has 0 bridgehead atoms. The van der Waals surface area contributed by atoms with Crippen molar-refractivity contribution >= 4 is 46.2 Å². The molecule has 4 nitrogen and oxygen atoms in total. The van der Waals surface area contributed by atoms with Gasteiger partial charge in [0.25, 0.3) is 0 Å². The summed E-state index contributed by atoms with van der Waals surface area (Å²) >= 11 is 11.8. The van der Waals surface area contributed by atoms with Gasteiger partial charge in [0, 0.05) is 30.2 Å². The number of nitrogens with zero attached hydrogens (tertiary/aromatic N) is 1. The van der Waals surface area contributed by atoms with Gasteiger partial charge in [0.2, 0.25) is 5.91 Å². The minimum absolute atomic E-state index is 0.140. The van der Waals surface area contributed by atoms with Crippen LogP contribution in [-0.4, -0.2) is 25.5 Å². The molecule has 0 radical (unpaired) electrons. The maximum absolute atomic E-state index is 12.0. The molecule has 1 aliphatic rings. The van der Waals surface area contributed by atoms with Gasteiger partial charge in [-0.2, -0.15) is 0 Å². The minimum atomic E-state index is -0.140. The van der Waals surface area contributed by atoms with Gasteiger partial charge >= 0.3 is 0 Å². The van der Waals surface area contributed by atoms with E-state index in [1.54, 1.807) is 18.2 Å². The molecule has 1 fully saturated rings. The molecule has 0 aliphatic carbocycles. The van der Waals surface area contributed by atoms with Gasteiger partial charge in [-0.1, -0.05) is 23.2 Å². The van der Waals surface area contributed by atoms with Crippen molar-refractivity contribution in [1.82, 2.24) is 0 Å². The molecule has 2 aromatic rings. The normalized spacial score (nSPS) is 14.2. The molecular weight excluding hydrogens is 357 g/mol. The summed E-state index contributed by atoms with van der Waals surface area (Å²) in [7, 11) is 0. The predicted octanol–water partition coefficient (Wildman–Crippen LogP) is 5.03. The fraction of sp³-hybridized carbons (Fsp3) is 0.316. The fourth-order valence-electron chi connectivity index (χ4n) is 2.90. The standard InChI is InChI=1S/C19H21Cl2N3O/c20-17-9-6-15(12-18(17)21)23-19(25)13-22-14-4-7-16(8-5-14)24-10-2-1-3-11-24/h4-9,12,22H,1-3,10-11,13H2,(H,23,25). The quantitative estimate of drug-likeness (QED) is 0.767. The van der Waals surface area contributed by atoms with Crippen LogP contribution in [-0.2, 0) is 4.79 Å². The molecule has 132 valence electrons. The highest BCUT2D eigenvalue weighted by molar-refractivity contribution is 6.42. The van der Waals surface area contributed by atoms with Crippen LogP contribution in [0.1, 0.15) is 19.3 Å². The van der Waals surface area contributed by atoms with E-state index in [1.807, 2.05) is 12.1 Å². The number of carbonyl (C=O) groups is 1. The Labute approximate surface area is 158 Å². The van der Waals surface area contributed by atoms with E-state index in [2.05, 4.69) is 27.7 Å². The van der Waals surface area contributed by atoms with Crippen molar-refractivity contribution in [2.75, 3.05) is 35.2 Å². The first-order valence-electron chi connectivity index (χ1n) is 8.45. The van der Waals surface area contributed by atoms with Gasteiger partial charge in [-0.25, -0.2) is 0 Å². The average molecular weight is 378 g/mol. The van der Waals surface area contributed by atoms with E-state index < -0.39 is 0 Å². The summed E-state index contributed by atoms with van der Waals surface area (Å²) in [6.45, 7) is 2.43. The Bertz CT molecular complexity index is 728. The Morgan fingerprint density at radius 1 is 0.920 bits per heavy atom. The summed E-state index contributed by atoms with van der Waals surface area (Å²) in [6.07, 6.45) is 3.84. The second kappa shape index (κ2) is 8.45. The SMILES string of the molecule is O=C(CNc1ccc(N2CCCCC2)cc1)Nc1ccc(Cl)c(Cl)c1. The first-order chi connectivity index (χ1) is 12.1. The molecular formula is C19H21Cl2N3O. The highest BCUT2D eigenvalue weighted by Crippen LogP contribution is 2.25. The number of benzene rings is 2. The molecule has 3 rings (SSSR count). The number of amides is 1. The van der Waals surface area contributed by atoms with Crippen LogP contribution in [0.5, 0.6) is 0 Å². The monoisotopic (exact) mass is 377 g/mol. The van der Waals surface area contributed by atoms with Crippen LogP contribution in [0.3, 0.4) is 0 Å². The predicted molar refractivity (Wildman–Crippen MR) is 106 cm³/mol. The molecule has 1 aliphatic heterocycles. The van der Waals surface area contributed by atoms with E-state index in [0.717, 1.165) is 18.8 Å². The Kier molecular flexibility index (Phi) is 6.05. The zero-order valence-corrected chi connectivity index (χ0v) is 15.4. The van der Waals surface area contributed by atoms with E-state index in [1.165, 1.54) is 24.9 Å². The molecule has 2 aromatic carbocycles. The van der Waals surface area contributed by atoms with Gasteiger partial charge in [0.15, 0.2) is 0 Å². The van der Waals surface area contributed by atoms with Crippen LogP contribution in [0.4, 0.5) is 17.1 Å². The molecule has 0 atom stereocenters. The second-order valence-corrected chi connectivity index (χ2v) is 6.94. The number of halogens is 2. The van der Waals surface area contributed by atoms with Gasteiger partial charge in [-0.15, -0.1) is 0 Å². The lowest BCUT2D eigenvalue weighted by atomic mass is 10.1. The Balaban J connectivity index is 1.50. The third-order valence-electron chi connectivity index (χ3n) is 4.24. The van der Waals surface area contributed by atoms with Crippen LogP contribution in [0.2, 0.25) is 10.0 Å². The number of rotatable bonds is 5. The average Bonchev–Trinajstić information content (AvgIpc) is 2.64. The maximum Gasteiger partial charge on any atom is 0.243 e. The van der Waals surface area contributed by atoms with Crippen LogP contribution >= 0.6 is 23.2 Å². The molecule has 0 saturated carbocycles. The van der Waals surface area contributed by atoms with E-state index in [0.29, 0.717) is 15.7 Å². The number of anilines is 3. The Morgan fingerprint density at radius 3 is 2.28 bits per heavy atom. The van der Waals surface area contributed by atoms with Crippen molar-refractivity contribution in [1.29, 1.82) is 0 Å². The molecule has 1 heterocycles. The zero-order valence-electron chi connectivity index (χ0n) is 13.9. The third-order valence-corrected chi connectivity index (χ3v) is 4.98. The number of hydrogen-bond acceptors (Lipinski definition) is 3. The van der Waals surface area contributed by atoms with E-state index in [9.17, 15) is 4.79 Å². The number of hydrogen-bond donors (Lipinski definition) is 2. The molecule has 6 heteroatoms. The minimum Gasteiger partial charge on any atom is -0.376 e. The van der Waals surface area contributed by atoms with Crippen molar-refractivity contribution in [2.24, 2.45) is 0 Å². The van der Waals surface area contributed by atoms with Crippen molar-refractivity contribution in [2.45, 2.75) is 19.3 Å². The lowest BCUT2D eigenvalue weighted by Crippen LogP contribution is -2.29. The smallest absolute Gasteiger partial charge is 0.243 e. The van der Waals surface area contributed by atoms with E-state index >= 15 is 0 Å². The molecule has 1 saturated heterocycles. The summed E-state index contributed by atoms with van der Waals surface area (Å²) in [5.74, 6) is -0.140. The second-order valence-electron chi connectivity index (χ2n) is 6.13. The summed E-state index contributed by atoms with van der Waals surface area (Å²) in [4.78, 5) is 14.4. The first kappa shape index (κ1) is 17.9. The molecule has 25 heavy (non-hydrogen) atoms. The van der Waals surface area contributed by atoms with E-state index in [-0.39, 0.29) is 12.5 Å². The highest BCUT2D eigenvalue weighted by atomic mass is 35.5. The molecule has 0 unspecified atom stereocenters. The third kappa shape index (κ3) is 5.03. The van der Waals surface area contributed by atoms with Crippen LogP contribution in [0.25, 0.3) is 0 Å². The van der Waals surface area contributed by atoms with Gasteiger partial charge in [-0.3, -0.25) is 4.79 Å². The Hall–Kier alpha value is -1.91. The first-order valence-corrected chi connectivity index (χ1v) is 9.21. The molecule has 0 spiro atoms. The summed E-state index contributed by atoms with van der Waals surface area (Å²) < 4.78 is 0. The van der Waals surface area contributed by atoms with Crippen LogP contribution in [0, 0.1) is 0 Å². The highest BCUT2D eigenvalue weighted by Gasteiger charge is 2.10. The number of carbonyl (C=O) groups excluding carboxylic acids is 1. The topological polar surface area (TPSA) is 44.4 Å². The van der Waals surface area contributed by atoms with Gasteiger partial charge in [0.05, 0.1) is 16.6 Å². The number of nitrogens with one attached hydrogen (secondary N) is 2. The fourth-order valence-corrected chi connectivity index (χ4v) is 3.20. The van der Waals surface area contributed by atoms with Crippen molar-refractivity contribution in [3.05, 3.63) is 52.5 Å².